The average Bonchev–Trinajstić information content (AvgIpc) is 2.52. The minimum atomic E-state index is 0.0260. The number of methoxy groups -OCH3 is 1. The van der Waals surface area contributed by atoms with Gasteiger partial charge in [-0.1, -0.05) is 17.9 Å². The van der Waals surface area contributed by atoms with E-state index in [-0.39, 0.29) is 18.6 Å². The van der Waals surface area contributed by atoms with Crippen LogP contribution in [0.15, 0.2) is 18.2 Å². The van der Waals surface area contributed by atoms with Gasteiger partial charge in [0, 0.05) is 25.8 Å². The van der Waals surface area contributed by atoms with Gasteiger partial charge in [0.05, 0.1) is 18.2 Å². The van der Waals surface area contributed by atoms with Gasteiger partial charge in [0.2, 0.25) is 0 Å². The maximum Gasteiger partial charge on any atom is 0.255 e. The van der Waals surface area contributed by atoms with Gasteiger partial charge < -0.3 is 15.4 Å². The predicted molar refractivity (Wildman–Crippen MR) is 83.0 cm³/mol. The number of ether oxygens (including phenoxy) is 1. The number of rotatable bonds is 2. The molecule has 1 fully saturated rings. The summed E-state index contributed by atoms with van der Waals surface area (Å²) in [5.74, 6) is 5.86. The molecule has 1 unspecified atom stereocenters. The van der Waals surface area contributed by atoms with Gasteiger partial charge in [-0.3, -0.25) is 4.79 Å². The van der Waals surface area contributed by atoms with Crippen molar-refractivity contribution in [1.29, 1.82) is 0 Å². The molecule has 1 aliphatic heterocycles. The van der Waals surface area contributed by atoms with Crippen molar-refractivity contribution < 1.29 is 9.53 Å². The van der Waals surface area contributed by atoms with E-state index in [2.05, 4.69) is 11.8 Å². The number of nitrogens with two attached hydrogens (primary N) is 1. The Morgan fingerprint density at radius 3 is 3.05 bits per heavy atom. The zero-order chi connectivity index (χ0) is 15.2. The van der Waals surface area contributed by atoms with Crippen molar-refractivity contribution in [3.63, 3.8) is 0 Å². The van der Waals surface area contributed by atoms with Gasteiger partial charge in [-0.2, -0.15) is 0 Å². The van der Waals surface area contributed by atoms with Crippen molar-refractivity contribution >= 4 is 5.91 Å². The third-order valence-electron chi connectivity index (χ3n) is 3.73. The van der Waals surface area contributed by atoms with E-state index in [4.69, 9.17) is 10.5 Å². The number of hydrogen-bond acceptors (Lipinski definition) is 3. The molecule has 1 aliphatic rings. The Morgan fingerprint density at radius 1 is 1.52 bits per heavy atom. The van der Waals surface area contributed by atoms with Crippen LogP contribution >= 0.6 is 0 Å². The SMILES string of the molecule is COC1CCCN(C(=O)c2ccc(C)cc2C#CCN)C1. The molecule has 1 aromatic rings. The highest BCUT2D eigenvalue weighted by Crippen LogP contribution is 2.18. The monoisotopic (exact) mass is 286 g/mol. The predicted octanol–water partition coefficient (Wildman–Crippen LogP) is 1.56. The van der Waals surface area contributed by atoms with Gasteiger partial charge in [0.1, 0.15) is 0 Å². The molecule has 0 radical (unpaired) electrons. The molecular formula is C17H22N2O2. The number of piperidine rings is 1. The van der Waals surface area contributed by atoms with Gasteiger partial charge in [0.25, 0.3) is 5.91 Å². The number of hydrogen-bond donors (Lipinski definition) is 1. The molecule has 21 heavy (non-hydrogen) atoms. The van der Waals surface area contributed by atoms with Crippen LogP contribution in [0.2, 0.25) is 0 Å². The van der Waals surface area contributed by atoms with E-state index in [1.54, 1.807) is 7.11 Å². The Bertz CT molecular complexity index is 572. The van der Waals surface area contributed by atoms with E-state index in [1.807, 2.05) is 30.0 Å². The van der Waals surface area contributed by atoms with Gasteiger partial charge in [-0.15, -0.1) is 0 Å². The minimum Gasteiger partial charge on any atom is -0.380 e. The van der Waals surface area contributed by atoms with Crippen molar-refractivity contribution in [3.8, 4) is 11.8 Å². The molecular weight excluding hydrogens is 264 g/mol. The largest absolute Gasteiger partial charge is 0.380 e. The van der Waals surface area contributed by atoms with Crippen molar-refractivity contribution in [3.05, 3.63) is 34.9 Å². The van der Waals surface area contributed by atoms with Crippen molar-refractivity contribution in [2.45, 2.75) is 25.9 Å². The molecule has 0 spiro atoms. The van der Waals surface area contributed by atoms with Crippen LogP contribution in [0, 0.1) is 18.8 Å². The molecule has 112 valence electrons. The van der Waals surface area contributed by atoms with E-state index in [1.165, 1.54) is 0 Å². The molecule has 2 N–H and O–H groups in total. The molecule has 1 heterocycles. The first-order chi connectivity index (χ1) is 10.2. The molecule has 4 heteroatoms. The first-order valence-electron chi connectivity index (χ1n) is 7.27. The summed E-state index contributed by atoms with van der Waals surface area (Å²) < 4.78 is 5.38. The van der Waals surface area contributed by atoms with Crippen molar-refractivity contribution in [2.24, 2.45) is 5.73 Å². The average molecular weight is 286 g/mol. The summed E-state index contributed by atoms with van der Waals surface area (Å²) in [4.78, 5) is 14.6. The highest BCUT2D eigenvalue weighted by Gasteiger charge is 2.25. The molecule has 1 aromatic carbocycles. The summed E-state index contributed by atoms with van der Waals surface area (Å²) in [7, 11) is 1.70. The zero-order valence-electron chi connectivity index (χ0n) is 12.7. The normalized spacial score (nSPS) is 18.0. The van der Waals surface area contributed by atoms with Crippen LogP contribution in [-0.2, 0) is 4.74 Å². The molecule has 1 atom stereocenters. The van der Waals surface area contributed by atoms with E-state index in [0.717, 1.165) is 30.5 Å². The van der Waals surface area contributed by atoms with Crippen LogP contribution < -0.4 is 5.73 Å². The Kier molecular flexibility index (Phi) is 5.38. The Balaban J connectivity index is 2.26. The van der Waals surface area contributed by atoms with Crippen molar-refractivity contribution in [2.75, 3.05) is 26.7 Å². The number of aryl methyl sites for hydroxylation is 1. The molecule has 2 rings (SSSR count). The van der Waals surface area contributed by atoms with Gasteiger partial charge in [-0.25, -0.2) is 0 Å². The van der Waals surface area contributed by atoms with E-state index < -0.39 is 0 Å². The maximum absolute atomic E-state index is 12.7. The number of carbonyl (C=O) groups excluding carboxylic acids is 1. The summed E-state index contributed by atoms with van der Waals surface area (Å²) in [6.45, 7) is 3.70. The second kappa shape index (κ2) is 7.26. The summed E-state index contributed by atoms with van der Waals surface area (Å²) in [6, 6.07) is 5.74. The maximum atomic E-state index is 12.7. The minimum absolute atomic E-state index is 0.0260. The number of nitrogens with zero attached hydrogens (tertiary/aromatic N) is 1. The molecule has 1 saturated heterocycles. The lowest BCUT2D eigenvalue weighted by atomic mass is 10.0. The van der Waals surface area contributed by atoms with Crippen LogP contribution in [0.1, 0.15) is 34.3 Å². The highest BCUT2D eigenvalue weighted by atomic mass is 16.5. The summed E-state index contributed by atoms with van der Waals surface area (Å²) >= 11 is 0. The first-order valence-corrected chi connectivity index (χ1v) is 7.27. The Labute approximate surface area is 126 Å². The summed E-state index contributed by atoms with van der Waals surface area (Å²) in [6.07, 6.45) is 2.11. The topological polar surface area (TPSA) is 55.6 Å². The first kappa shape index (κ1) is 15.6. The highest BCUT2D eigenvalue weighted by molar-refractivity contribution is 5.97. The fourth-order valence-electron chi connectivity index (χ4n) is 2.58. The van der Waals surface area contributed by atoms with Crippen LogP contribution in [0.3, 0.4) is 0 Å². The van der Waals surface area contributed by atoms with E-state index in [9.17, 15) is 4.79 Å². The second-order valence-corrected chi connectivity index (χ2v) is 5.31. The molecule has 0 bridgehead atoms. The van der Waals surface area contributed by atoms with Crippen LogP contribution in [-0.4, -0.2) is 43.7 Å². The molecule has 4 nitrogen and oxygen atoms in total. The Morgan fingerprint density at radius 2 is 2.33 bits per heavy atom. The molecule has 0 aliphatic carbocycles. The number of amides is 1. The quantitative estimate of drug-likeness (QED) is 0.839. The second-order valence-electron chi connectivity index (χ2n) is 5.31. The third kappa shape index (κ3) is 3.84. The fourth-order valence-corrected chi connectivity index (χ4v) is 2.58. The van der Waals surface area contributed by atoms with Gasteiger partial charge in [0.15, 0.2) is 0 Å². The van der Waals surface area contributed by atoms with Crippen LogP contribution in [0.25, 0.3) is 0 Å². The lowest BCUT2D eigenvalue weighted by Gasteiger charge is -2.32. The van der Waals surface area contributed by atoms with Crippen LogP contribution in [0.4, 0.5) is 0 Å². The number of carbonyl (C=O) groups is 1. The lowest BCUT2D eigenvalue weighted by molar-refractivity contribution is 0.0269. The Hall–Kier alpha value is -1.83. The zero-order valence-corrected chi connectivity index (χ0v) is 12.7. The standard InChI is InChI=1S/C17H22N2O2/c1-13-7-8-16(14(11-13)5-3-9-18)17(20)19-10-4-6-15(12-19)21-2/h7-8,11,15H,4,6,9-10,12,18H2,1-2H3. The number of benzene rings is 1. The van der Waals surface area contributed by atoms with Crippen LogP contribution in [0.5, 0.6) is 0 Å². The molecule has 0 aromatic heterocycles. The molecule has 1 amide bonds. The van der Waals surface area contributed by atoms with Crippen molar-refractivity contribution in [1.82, 2.24) is 4.90 Å². The summed E-state index contributed by atoms with van der Waals surface area (Å²) in [5, 5.41) is 0. The molecule has 0 saturated carbocycles. The summed E-state index contributed by atoms with van der Waals surface area (Å²) in [5.41, 5.74) is 7.92. The van der Waals surface area contributed by atoms with E-state index in [0.29, 0.717) is 12.1 Å². The smallest absolute Gasteiger partial charge is 0.255 e. The fraction of sp³-hybridized carbons (Fsp3) is 0.471. The lowest BCUT2D eigenvalue weighted by Crippen LogP contribution is -2.43. The van der Waals surface area contributed by atoms with E-state index >= 15 is 0 Å². The van der Waals surface area contributed by atoms with Gasteiger partial charge >= 0.3 is 0 Å². The third-order valence-corrected chi connectivity index (χ3v) is 3.73. The van der Waals surface area contributed by atoms with Gasteiger partial charge in [-0.05, 0) is 37.5 Å². The number of likely N-dealkylation sites (tertiary alicyclic amines) is 1.